The molecule has 2 aromatic rings. The second kappa shape index (κ2) is 8.07. The second-order valence-electron chi connectivity index (χ2n) is 6.70. The van der Waals surface area contributed by atoms with Gasteiger partial charge < -0.3 is 19.9 Å². The summed E-state index contributed by atoms with van der Waals surface area (Å²) in [6.07, 6.45) is 6.14. The lowest BCUT2D eigenvalue weighted by Gasteiger charge is -2.35. The molecule has 2 atom stereocenters. The van der Waals surface area contributed by atoms with Gasteiger partial charge in [-0.1, -0.05) is 6.07 Å². The Bertz CT molecular complexity index is 892. The maximum absolute atomic E-state index is 12.9. The van der Waals surface area contributed by atoms with Crippen LogP contribution in [0.3, 0.4) is 0 Å². The summed E-state index contributed by atoms with van der Waals surface area (Å²) in [6, 6.07) is 8.81. The Labute approximate surface area is 166 Å². The number of ether oxygens (including phenoxy) is 1. The molecule has 1 saturated heterocycles. The molecule has 3 heterocycles. The number of fused-ring (bicyclic) bond motifs is 1. The number of nitrogens with zero attached hydrogens (tertiary/aromatic N) is 3. The highest BCUT2D eigenvalue weighted by Gasteiger charge is 2.29. The second-order valence-corrected chi connectivity index (χ2v) is 7.59. The van der Waals surface area contributed by atoms with E-state index >= 15 is 0 Å². The largest absolute Gasteiger partial charge is 0.566 e. The standard InChI is InChI=1S/C19H21N5O3S/c20-18-17-15(22-28(26)23-18)5-3-6-16(17)27-12-14-4-1-2-11-24(14)19(25)13-7-9-21-10-8-13/h3,5-10,14,22H,1-2,4,11-12H2,(H2,20,23). The molecule has 146 valence electrons. The van der Waals surface area contributed by atoms with E-state index in [0.29, 0.717) is 35.7 Å². The predicted octanol–water partition coefficient (Wildman–Crippen LogP) is 1.86. The van der Waals surface area contributed by atoms with Crippen LogP contribution in [-0.4, -0.2) is 45.4 Å². The number of amidine groups is 1. The number of nitrogens with one attached hydrogen (secondary N) is 1. The predicted molar refractivity (Wildman–Crippen MR) is 107 cm³/mol. The van der Waals surface area contributed by atoms with Gasteiger partial charge in [0.15, 0.2) is 5.84 Å². The van der Waals surface area contributed by atoms with Crippen LogP contribution in [0.25, 0.3) is 0 Å². The van der Waals surface area contributed by atoms with E-state index in [1.807, 2.05) is 4.90 Å². The zero-order valence-corrected chi connectivity index (χ0v) is 16.0. The van der Waals surface area contributed by atoms with E-state index in [2.05, 4.69) is 14.1 Å². The zero-order chi connectivity index (χ0) is 19.5. The van der Waals surface area contributed by atoms with Crippen molar-refractivity contribution in [2.24, 2.45) is 10.1 Å². The lowest BCUT2D eigenvalue weighted by Crippen LogP contribution is -2.46. The average molecular weight is 399 g/mol. The van der Waals surface area contributed by atoms with Gasteiger partial charge in [-0.25, -0.2) is 0 Å². The van der Waals surface area contributed by atoms with Crippen LogP contribution in [0.5, 0.6) is 5.75 Å². The summed E-state index contributed by atoms with van der Waals surface area (Å²) in [5, 5.41) is 0. The van der Waals surface area contributed by atoms with Crippen molar-refractivity contribution in [2.75, 3.05) is 17.9 Å². The van der Waals surface area contributed by atoms with Crippen LogP contribution in [-0.2, 0) is 11.5 Å². The fraction of sp³-hybridized carbons (Fsp3) is 0.316. The quantitative estimate of drug-likeness (QED) is 0.758. The molecule has 1 aromatic carbocycles. The molecule has 9 heteroatoms. The maximum atomic E-state index is 12.9. The zero-order valence-electron chi connectivity index (χ0n) is 15.2. The number of pyridine rings is 1. The highest BCUT2D eigenvalue weighted by atomic mass is 32.2. The molecule has 2 aliphatic rings. The monoisotopic (exact) mass is 399 g/mol. The van der Waals surface area contributed by atoms with Gasteiger partial charge in [-0.2, -0.15) is 4.72 Å². The van der Waals surface area contributed by atoms with E-state index in [4.69, 9.17) is 10.5 Å². The van der Waals surface area contributed by atoms with Crippen molar-refractivity contribution in [3.63, 3.8) is 0 Å². The molecule has 1 aromatic heterocycles. The molecule has 0 aliphatic carbocycles. The number of nitrogens with two attached hydrogens (primary N) is 1. The molecule has 2 unspecified atom stereocenters. The first-order valence-corrected chi connectivity index (χ1v) is 10.2. The molecule has 0 radical (unpaired) electrons. The number of benzene rings is 1. The van der Waals surface area contributed by atoms with Crippen LogP contribution in [0.15, 0.2) is 47.1 Å². The van der Waals surface area contributed by atoms with Crippen molar-refractivity contribution in [1.82, 2.24) is 9.88 Å². The highest BCUT2D eigenvalue weighted by Crippen LogP contribution is 2.31. The van der Waals surface area contributed by atoms with E-state index in [1.165, 1.54) is 0 Å². The third-order valence-corrected chi connectivity index (χ3v) is 5.66. The number of rotatable bonds is 4. The normalized spacial score (nSPS) is 21.3. The Hall–Kier alpha value is -2.78. The fourth-order valence-corrected chi connectivity index (χ4v) is 4.21. The van der Waals surface area contributed by atoms with Crippen molar-refractivity contribution < 1.29 is 14.1 Å². The van der Waals surface area contributed by atoms with E-state index < -0.39 is 11.5 Å². The van der Waals surface area contributed by atoms with Gasteiger partial charge >= 0.3 is 0 Å². The van der Waals surface area contributed by atoms with Gasteiger partial charge in [-0.3, -0.25) is 9.78 Å². The molecular weight excluding hydrogens is 378 g/mol. The highest BCUT2D eigenvalue weighted by molar-refractivity contribution is 7.91. The maximum Gasteiger partial charge on any atom is 0.254 e. The first-order valence-electron chi connectivity index (χ1n) is 9.13. The molecule has 4 rings (SSSR count). The van der Waals surface area contributed by atoms with Crippen LogP contribution in [0.1, 0.15) is 35.2 Å². The molecule has 28 heavy (non-hydrogen) atoms. The van der Waals surface area contributed by atoms with E-state index in [0.717, 1.165) is 19.3 Å². The van der Waals surface area contributed by atoms with Gasteiger partial charge in [0.1, 0.15) is 12.4 Å². The smallest absolute Gasteiger partial charge is 0.254 e. The van der Waals surface area contributed by atoms with Crippen molar-refractivity contribution >= 4 is 29.0 Å². The molecule has 8 nitrogen and oxygen atoms in total. The molecule has 1 amide bonds. The minimum atomic E-state index is -1.58. The number of amides is 1. The van der Waals surface area contributed by atoms with Gasteiger partial charge in [0.25, 0.3) is 5.91 Å². The Morgan fingerprint density at radius 1 is 1.32 bits per heavy atom. The van der Waals surface area contributed by atoms with Gasteiger partial charge in [0, 0.05) is 24.5 Å². The Morgan fingerprint density at radius 2 is 2.14 bits per heavy atom. The van der Waals surface area contributed by atoms with Crippen molar-refractivity contribution in [3.8, 4) is 5.75 Å². The summed E-state index contributed by atoms with van der Waals surface area (Å²) in [5.41, 5.74) is 7.81. The summed E-state index contributed by atoms with van der Waals surface area (Å²) >= 11 is -1.58. The molecular formula is C19H21N5O3S. The van der Waals surface area contributed by atoms with Crippen LogP contribution >= 0.6 is 0 Å². The minimum Gasteiger partial charge on any atom is -0.566 e. The lowest BCUT2D eigenvalue weighted by atomic mass is 10.0. The fourth-order valence-electron chi connectivity index (χ4n) is 3.54. The van der Waals surface area contributed by atoms with Crippen LogP contribution < -0.4 is 15.2 Å². The van der Waals surface area contributed by atoms with Gasteiger partial charge in [0.05, 0.1) is 17.3 Å². The molecule has 2 aliphatic heterocycles. The average Bonchev–Trinajstić information content (AvgIpc) is 2.72. The topological polar surface area (TPSA) is 116 Å². The van der Waals surface area contributed by atoms with E-state index in [1.54, 1.807) is 42.7 Å². The summed E-state index contributed by atoms with van der Waals surface area (Å²) in [7, 11) is 0. The summed E-state index contributed by atoms with van der Waals surface area (Å²) in [5.74, 6) is 0.727. The van der Waals surface area contributed by atoms with Gasteiger partial charge in [0.2, 0.25) is 11.5 Å². The number of likely N-dealkylation sites (tertiary alicyclic amines) is 1. The Kier molecular flexibility index (Phi) is 5.36. The van der Waals surface area contributed by atoms with Crippen LogP contribution in [0.2, 0.25) is 0 Å². The summed E-state index contributed by atoms with van der Waals surface area (Å²) < 4.78 is 24.3. The molecule has 3 N–H and O–H groups in total. The third kappa shape index (κ3) is 3.76. The molecule has 1 fully saturated rings. The lowest BCUT2D eigenvalue weighted by molar-refractivity contribution is 0.0528. The number of carbonyl (C=O) groups is 1. The summed E-state index contributed by atoms with van der Waals surface area (Å²) in [6.45, 7) is 1.05. The van der Waals surface area contributed by atoms with E-state index in [-0.39, 0.29) is 17.8 Å². The number of carbonyl (C=O) groups excluding carboxylic acids is 1. The summed E-state index contributed by atoms with van der Waals surface area (Å²) in [4.78, 5) is 18.8. The number of hydrogen-bond donors (Lipinski definition) is 2. The number of anilines is 1. The van der Waals surface area contributed by atoms with Crippen LogP contribution in [0, 0.1) is 0 Å². The molecule has 0 spiro atoms. The van der Waals surface area contributed by atoms with Crippen molar-refractivity contribution in [1.29, 1.82) is 0 Å². The first kappa shape index (κ1) is 18.6. The minimum absolute atomic E-state index is 0.0102. The van der Waals surface area contributed by atoms with Gasteiger partial charge in [-0.15, -0.1) is 0 Å². The first-order chi connectivity index (χ1) is 13.6. The number of piperidine rings is 1. The van der Waals surface area contributed by atoms with Gasteiger partial charge in [-0.05, 0) is 47.9 Å². The molecule has 0 saturated carbocycles. The van der Waals surface area contributed by atoms with E-state index in [9.17, 15) is 9.35 Å². The van der Waals surface area contributed by atoms with Crippen molar-refractivity contribution in [2.45, 2.75) is 25.3 Å². The van der Waals surface area contributed by atoms with Crippen LogP contribution in [0.4, 0.5) is 5.69 Å². The third-order valence-electron chi connectivity index (χ3n) is 4.91. The number of hydrogen-bond acceptors (Lipinski definition) is 7. The SMILES string of the molecule is NC1=N[S+]([O-])Nc2cccc(OCC3CCCCN3C(=O)c3ccncc3)c21. The molecule has 0 bridgehead atoms. The Balaban J connectivity index is 1.51. The van der Waals surface area contributed by atoms with Crippen molar-refractivity contribution in [3.05, 3.63) is 53.9 Å². The Morgan fingerprint density at radius 3 is 2.96 bits per heavy atom. The number of aromatic nitrogens is 1.